The van der Waals surface area contributed by atoms with Crippen LogP contribution in [0.5, 0.6) is 0 Å². The average Bonchev–Trinajstić information content (AvgIpc) is 2.28. The maximum Gasteiger partial charge on any atom is 0.181 e. The van der Waals surface area contributed by atoms with Crippen LogP contribution in [-0.2, 0) is 4.79 Å². The monoisotopic (exact) mass is 150 g/mol. The van der Waals surface area contributed by atoms with Crippen molar-refractivity contribution in [3.05, 3.63) is 24.3 Å². The van der Waals surface area contributed by atoms with Crippen LogP contribution >= 0.6 is 0 Å². The molecule has 0 saturated heterocycles. The van der Waals surface area contributed by atoms with Crippen molar-refractivity contribution in [2.75, 3.05) is 0 Å². The van der Waals surface area contributed by atoms with Gasteiger partial charge in [0.15, 0.2) is 5.78 Å². The maximum absolute atomic E-state index is 11.2. The summed E-state index contributed by atoms with van der Waals surface area (Å²) in [6, 6.07) is 0. The second-order valence-electron chi connectivity index (χ2n) is 3.61. The third-order valence-corrected chi connectivity index (χ3v) is 2.30. The summed E-state index contributed by atoms with van der Waals surface area (Å²) in [4.78, 5) is 11.2. The Kier molecular flexibility index (Phi) is 1.99. The first-order valence-corrected chi connectivity index (χ1v) is 3.95. The van der Waals surface area contributed by atoms with Crippen molar-refractivity contribution < 1.29 is 4.79 Å². The third-order valence-electron chi connectivity index (χ3n) is 2.30. The number of hydrogen-bond donors (Lipinski definition) is 0. The molecule has 1 heteroatoms. The Hall–Kier alpha value is -0.850. The molecule has 0 aliphatic heterocycles. The topological polar surface area (TPSA) is 17.1 Å². The zero-order chi connectivity index (χ0) is 8.48. The van der Waals surface area contributed by atoms with E-state index in [1.54, 1.807) is 0 Å². The lowest BCUT2D eigenvalue weighted by Crippen LogP contribution is -2.15. The van der Waals surface area contributed by atoms with Gasteiger partial charge in [0, 0.05) is 5.57 Å². The molecule has 0 atom stereocenters. The van der Waals surface area contributed by atoms with Crippen molar-refractivity contribution in [1.29, 1.82) is 0 Å². The van der Waals surface area contributed by atoms with Crippen LogP contribution in [-0.4, -0.2) is 5.78 Å². The summed E-state index contributed by atoms with van der Waals surface area (Å²) in [5.74, 6) is 0.0903. The number of hydrogen-bond acceptors (Lipinski definition) is 1. The summed E-state index contributed by atoms with van der Waals surface area (Å²) in [6.07, 6.45) is 5.55. The number of allylic oxidation sites excluding steroid dienone is 3. The Morgan fingerprint density at radius 3 is 2.73 bits per heavy atom. The Bertz CT molecular complexity index is 221. The highest BCUT2D eigenvalue weighted by molar-refractivity contribution is 6.04. The first-order chi connectivity index (χ1) is 5.08. The summed E-state index contributed by atoms with van der Waals surface area (Å²) in [5, 5.41) is 0. The molecule has 0 heterocycles. The van der Waals surface area contributed by atoms with E-state index in [-0.39, 0.29) is 11.2 Å². The molecule has 0 aromatic carbocycles. The van der Waals surface area contributed by atoms with Crippen LogP contribution in [0.2, 0.25) is 0 Å². The van der Waals surface area contributed by atoms with E-state index in [4.69, 9.17) is 0 Å². The van der Waals surface area contributed by atoms with E-state index in [1.165, 1.54) is 6.08 Å². The Morgan fingerprint density at radius 2 is 2.36 bits per heavy atom. The smallest absolute Gasteiger partial charge is 0.181 e. The standard InChI is InChI=1S/C10H14O/c1-4-9(11)8-6-5-7-10(8,2)3/h4,6H,1,5,7H2,2-3H3. The van der Waals surface area contributed by atoms with E-state index in [1.807, 2.05) is 6.08 Å². The highest BCUT2D eigenvalue weighted by atomic mass is 16.1. The molecular formula is C10H14O. The first kappa shape index (κ1) is 8.25. The lowest BCUT2D eigenvalue weighted by Gasteiger charge is -2.19. The quantitative estimate of drug-likeness (QED) is 0.553. The SMILES string of the molecule is C=CC(=O)C1=CCCC1(C)C. The van der Waals surface area contributed by atoms with Crippen LogP contribution < -0.4 is 0 Å². The number of carbonyl (C=O) groups is 1. The lowest BCUT2D eigenvalue weighted by molar-refractivity contribution is -0.112. The van der Waals surface area contributed by atoms with E-state index >= 15 is 0 Å². The molecule has 0 N–H and O–H groups in total. The zero-order valence-electron chi connectivity index (χ0n) is 7.18. The summed E-state index contributed by atoms with van der Waals surface area (Å²) in [5.41, 5.74) is 1.01. The Balaban J connectivity index is 2.87. The number of ketones is 1. The van der Waals surface area contributed by atoms with Crippen molar-refractivity contribution in [2.45, 2.75) is 26.7 Å². The van der Waals surface area contributed by atoms with Crippen molar-refractivity contribution in [3.63, 3.8) is 0 Å². The third kappa shape index (κ3) is 1.42. The largest absolute Gasteiger partial charge is 0.290 e. The van der Waals surface area contributed by atoms with Gasteiger partial charge in [-0.2, -0.15) is 0 Å². The van der Waals surface area contributed by atoms with Gasteiger partial charge in [0.05, 0.1) is 0 Å². The molecule has 0 aromatic rings. The number of carbonyl (C=O) groups excluding carboxylic acids is 1. The number of rotatable bonds is 2. The van der Waals surface area contributed by atoms with Crippen LogP contribution in [0.15, 0.2) is 24.3 Å². The van der Waals surface area contributed by atoms with Crippen molar-refractivity contribution >= 4 is 5.78 Å². The van der Waals surface area contributed by atoms with Crippen LogP contribution in [0.4, 0.5) is 0 Å². The average molecular weight is 150 g/mol. The fourth-order valence-electron chi connectivity index (χ4n) is 1.53. The highest BCUT2D eigenvalue weighted by Crippen LogP contribution is 2.38. The minimum atomic E-state index is 0.0747. The fraction of sp³-hybridized carbons (Fsp3) is 0.500. The normalized spacial score (nSPS) is 21.1. The van der Waals surface area contributed by atoms with E-state index in [2.05, 4.69) is 20.4 Å². The van der Waals surface area contributed by atoms with Gasteiger partial charge >= 0.3 is 0 Å². The molecule has 0 bridgehead atoms. The molecule has 0 aromatic heterocycles. The predicted molar refractivity (Wildman–Crippen MR) is 46.3 cm³/mol. The maximum atomic E-state index is 11.2. The van der Waals surface area contributed by atoms with Crippen LogP contribution in [0.3, 0.4) is 0 Å². The molecule has 1 nitrogen and oxygen atoms in total. The van der Waals surface area contributed by atoms with Gasteiger partial charge in [-0.1, -0.05) is 26.5 Å². The second kappa shape index (κ2) is 2.65. The molecule has 0 saturated carbocycles. The fourth-order valence-corrected chi connectivity index (χ4v) is 1.53. The van der Waals surface area contributed by atoms with Gasteiger partial charge in [0.1, 0.15) is 0 Å². The lowest BCUT2D eigenvalue weighted by atomic mass is 9.84. The minimum Gasteiger partial charge on any atom is -0.290 e. The molecule has 1 rings (SSSR count). The molecule has 11 heavy (non-hydrogen) atoms. The Labute approximate surface area is 67.8 Å². The minimum absolute atomic E-state index is 0.0747. The van der Waals surface area contributed by atoms with Crippen molar-refractivity contribution in [3.8, 4) is 0 Å². The van der Waals surface area contributed by atoms with Crippen LogP contribution in [0.25, 0.3) is 0 Å². The second-order valence-corrected chi connectivity index (χ2v) is 3.61. The molecule has 1 aliphatic carbocycles. The Morgan fingerprint density at radius 1 is 1.73 bits per heavy atom. The van der Waals surface area contributed by atoms with Crippen LogP contribution in [0.1, 0.15) is 26.7 Å². The van der Waals surface area contributed by atoms with Gasteiger partial charge in [-0.05, 0) is 24.3 Å². The van der Waals surface area contributed by atoms with E-state index in [0.29, 0.717) is 0 Å². The van der Waals surface area contributed by atoms with E-state index in [0.717, 1.165) is 18.4 Å². The first-order valence-electron chi connectivity index (χ1n) is 3.95. The van der Waals surface area contributed by atoms with Gasteiger partial charge in [-0.3, -0.25) is 4.79 Å². The predicted octanol–water partition coefficient (Wildman–Crippen LogP) is 2.49. The molecule has 0 fully saturated rings. The zero-order valence-corrected chi connectivity index (χ0v) is 7.18. The van der Waals surface area contributed by atoms with Crippen molar-refractivity contribution in [1.82, 2.24) is 0 Å². The van der Waals surface area contributed by atoms with Gasteiger partial charge in [-0.15, -0.1) is 0 Å². The molecule has 0 amide bonds. The van der Waals surface area contributed by atoms with Gasteiger partial charge in [-0.25, -0.2) is 0 Å². The van der Waals surface area contributed by atoms with Gasteiger partial charge in [0.25, 0.3) is 0 Å². The summed E-state index contributed by atoms with van der Waals surface area (Å²) < 4.78 is 0. The van der Waals surface area contributed by atoms with Crippen LogP contribution in [0, 0.1) is 5.41 Å². The molecular weight excluding hydrogens is 136 g/mol. The van der Waals surface area contributed by atoms with Gasteiger partial charge < -0.3 is 0 Å². The summed E-state index contributed by atoms with van der Waals surface area (Å²) in [7, 11) is 0. The highest BCUT2D eigenvalue weighted by Gasteiger charge is 2.30. The summed E-state index contributed by atoms with van der Waals surface area (Å²) in [6.45, 7) is 7.69. The molecule has 0 spiro atoms. The molecule has 0 radical (unpaired) electrons. The molecule has 60 valence electrons. The summed E-state index contributed by atoms with van der Waals surface area (Å²) >= 11 is 0. The van der Waals surface area contributed by atoms with Gasteiger partial charge in [0.2, 0.25) is 0 Å². The molecule has 0 unspecified atom stereocenters. The molecule has 1 aliphatic rings. The van der Waals surface area contributed by atoms with E-state index < -0.39 is 0 Å². The van der Waals surface area contributed by atoms with E-state index in [9.17, 15) is 4.79 Å². The van der Waals surface area contributed by atoms with Crippen molar-refractivity contribution in [2.24, 2.45) is 5.41 Å².